The van der Waals surface area contributed by atoms with Crippen LogP contribution in [0.4, 0.5) is 27.6 Å². The van der Waals surface area contributed by atoms with Crippen LogP contribution in [0.5, 0.6) is 0 Å². The number of nitrogens with one attached hydrogen (secondary N) is 1. The third-order valence-electron chi connectivity index (χ3n) is 7.50. The molecule has 2 amide bonds. The summed E-state index contributed by atoms with van der Waals surface area (Å²) in [5.41, 5.74) is 1.44. The van der Waals surface area contributed by atoms with E-state index in [0.717, 1.165) is 28.7 Å². The zero-order valence-corrected chi connectivity index (χ0v) is 26.9. The number of carbonyl (C=O) groups excluding carboxylic acids is 2. The van der Waals surface area contributed by atoms with Crippen LogP contribution in [0.3, 0.4) is 0 Å². The lowest BCUT2D eigenvalue weighted by Crippen LogP contribution is -2.43. The summed E-state index contributed by atoms with van der Waals surface area (Å²) in [7, 11) is -5.04. The molecular weight excluding hydrogens is 657 g/mol. The van der Waals surface area contributed by atoms with E-state index < -0.39 is 68.8 Å². The lowest BCUT2D eigenvalue weighted by Gasteiger charge is -2.29. The van der Waals surface area contributed by atoms with Gasteiger partial charge in [0.25, 0.3) is 5.91 Å². The molecule has 254 valence electrons. The molecule has 48 heavy (non-hydrogen) atoms. The summed E-state index contributed by atoms with van der Waals surface area (Å²) in [6.45, 7) is 3.87. The van der Waals surface area contributed by atoms with Crippen molar-refractivity contribution in [2.75, 3.05) is 11.4 Å². The van der Waals surface area contributed by atoms with Crippen LogP contribution in [-0.4, -0.2) is 36.3 Å². The molecule has 4 aromatic rings. The topological polar surface area (TPSA) is 107 Å². The van der Waals surface area contributed by atoms with Crippen LogP contribution in [0.25, 0.3) is 0 Å². The Kier molecular flexibility index (Phi) is 10.7. The molecule has 8 nitrogen and oxygen atoms in total. The number of hydroxylamine groups is 1. The van der Waals surface area contributed by atoms with Crippen LogP contribution in [0.1, 0.15) is 53.4 Å². The minimum atomic E-state index is -5.04. The zero-order chi connectivity index (χ0) is 35.4. The highest BCUT2D eigenvalue weighted by atomic mass is 32.2. The molecule has 4 rings (SSSR count). The van der Waals surface area contributed by atoms with E-state index in [1.54, 1.807) is 12.1 Å². The maximum atomic E-state index is 14.8. The van der Waals surface area contributed by atoms with Crippen molar-refractivity contribution in [3.05, 3.63) is 130 Å². The molecule has 2 N–H and O–H groups in total. The Morgan fingerprint density at radius 1 is 0.833 bits per heavy atom. The number of sulfonamides is 1. The Labute approximate surface area is 274 Å². The van der Waals surface area contributed by atoms with Gasteiger partial charge in [0.15, 0.2) is 0 Å². The number of halogens is 5. The third kappa shape index (κ3) is 8.43. The number of nitrogens with zero attached hydrogens (tertiary/aromatic N) is 2. The minimum absolute atomic E-state index is 0.0305. The van der Waals surface area contributed by atoms with Crippen molar-refractivity contribution < 1.29 is 45.2 Å². The van der Waals surface area contributed by atoms with Gasteiger partial charge in [-0.05, 0) is 64.6 Å². The van der Waals surface area contributed by atoms with E-state index in [9.17, 15) is 40.0 Å². The van der Waals surface area contributed by atoms with Crippen LogP contribution in [0.2, 0.25) is 0 Å². The SMILES string of the molecule is CC(C)(C)c1ccc(CN(C(=O)CN(Cc2ccccc2C(F)(F)F)S(=O)(=O)c2ccc(F)cc2F)c2ccc(C(=O)NO)cc2)cc1. The van der Waals surface area contributed by atoms with E-state index >= 15 is 0 Å². The van der Waals surface area contributed by atoms with Gasteiger partial charge in [-0.3, -0.25) is 14.8 Å². The molecule has 0 aliphatic carbocycles. The molecule has 0 heterocycles. The molecular formula is C34H32F5N3O5S. The largest absolute Gasteiger partial charge is 0.416 e. The molecule has 0 saturated carbocycles. The normalized spacial score (nSPS) is 12.2. The van der Waals surface area contributed by atoms with Gasteiger partial charge in [-0.1, -0.05) is 63.2 Å². The number of hydrogen-bond acceptors (Lipinski definition) is 5. The van der Waals surface area contributed by atoms with Crippen LogP contribution in [0.15, 0.2) is 95.9 Å². The molecule has 0 unspecified atom stereocenters. The Hall–Kier alpha value is -4.66. The van der Waals surface area contributed by atoms with Crippen molar-refractivity contribution in [2.45, 2.75) is 50.3 Å². The first-order valence-corrected chi connectivity index (χ1v) is 15.9. The second kappa shape index (κ2) is 14.2. The number of carbonyl (C=O) groups is 2. The molecule has 0 bridgehead atoms. The van der Waals surface area contributed by atoms with E-state index in [-0.39, 0.29) is 23.2 Å². The fourth-order valence-electron chi connectivity index (χ4n) is 4.88. The molecule has 0 saturated heterocycles. The van der Waals surface area contributed by atoms with Crippen LogP contribution in [-0.2, 0) is 39.5 Å². The van der Waals surface area contributed by atoms with Gasteiger partial charge in [0.1, 0.15) is 16.5 Å². The highest BCUT2D eigenvalue weighted by Crippen LogP contribution is 2.34. The average Bonchev–Trinajstić information content (AvgIpc) is 3.02. The van der Waals surface area contributed by atoms with Gasteiger partial charge in [-0.15, -0.1) is 0 Å². The molecule has 0 aliphatic rings. The fourth-order valence-corrected chi connectivity index (χ4v) is 6.30. The summed E-state index contributed by atoms with van der Waals surface area (Å²) >= 11 is 0. The van der Waals surface area contributed by atoms with Crippen molar-refractivity contribution in [2.24, 2.45) is 0 Å². The maximum Gasteiger partial charge on any atom is 0.416 e. The fraction of sp³-hybridized carbons (Fsp3) is 0.235. The van der Waals surface area contributed by atoms with Gasteiger partial charge in [-0.2, -0.15) is 17.5 Å². The van der Waals surface area contributed by atoms with Crippen LogP contribution < -0.4 is 10.4 Å². The lowest BCUT2D eigenvalue weighted by molar-refractivity contribution is -0.138. The Morgan fingerprint density at radius 2 is 1.46 bits per heavy atom. The minimum Gasteiger partial charge on any atom is -0.307 e. The first-order chi connectivity index (χ1) is 22.4. The van der Waals surface area contributed by atoms with E-state index in [1.165, 1.54) is 35.8 Å². The molecule has 4 aromatic carbocycles. The highest BCUT2D eigenvalue weighted by Gasteiger charge is 2.37. The molecule has 0 atom stereocenters. The number of anilines is 1. The second-order valence-corrected chi connectivity index (χ2v) is 13.8. The van der Waals surface area contributed by atoms with Gasteiger partial charge in [0.05, 0.1) is 18.7 Å². The number of alkyl halides is 3. The van der Waals surface area contributed by atoms with Gasteiger partial charge >= 0.3 is 6.18 Å². The Bertz CT molecular complexity index is 1890. The van der Waals surface area contributed by atoms with Crippen molar-refractivity contribution in [3.8, 4) is 0 Å². The predicted molar refractivity (Wildman–Crippen MR) is 167 cm³/mol. The molecule has 14 heteroatoms. The quantitative estimate of drug-likeness (QED) is 0.108. The van der Waals surface area contributed by atoms with Gasteiger partial charge in [-0.25, -0.2) is 22.7 Å². The van der Waals surface area contributed by atoms with Crippen LogP contribution in [0, 0.1) is 11.6 Å². The zero-order valence-electron chi connectivity index (χ0n) is 26.1. The van der Waals surface area contributed by atoms with Crippen LogP contribution >= 0.6 is 0 Å². The standard InChI is InChI=1S/C34H32F5N3O5S/c1-33(2,3)25-12-8-22(9-13-25)19-42(27-15-10-23(11-16-27)32(44)40-45)31(43)21-41(20-24-6-4-5-7-28(24)34(37,38)39)48(46,47)30-17-14-26(35)18-29(30)36/h4-18,45H,19-21H2,1-3H3,(H,40,44). The summed E-state index contributed by atoms with van der Waals surface area (Å²) in [6.07, 6.45) is -4.88. The maximum absolute atomic E-state index is 14.8. The van der Waals surface area contributed by atoms with Gasteiger partial charge < -0.3 is 4.90 Å². The number of hydrogen-bond donors (Lipinski definition) is 2. The molecule has 0 spiro atoms. The van der Waals surface area contributed by atoms with E-state index in [4.69, 9.17) is 5.21 Å². The molecule has 0 fully saturated rings. The van der Waals surface area contributed by atoms with Crippen molar-refractivity contribution in [1.29, 1.82) is 0 Å². The first kappa shape index (κ1) is 36.2. The lowest BCUT2D eigenvalue weighted by atomic mass is 9.87. The summed E-state index contributed by atoms with van der Waals surface area (Å²) in [5, 5.41) is 8.98. The van der Waals surface area contributed by atoms with Crippen molar-refractivity contribution >= 4 is 27.5 Å². The molecule has 0 radical (unpaired) electrons. The van der Waals surface area contributed by atoms with Crippen molar-refractivity contribution in [3.63, 3.8) is 0 Å². The summed E-state index contributed by atoms with van der Waals surface area (Å²) < 4.78 is 98.3. The summed E-state index contributed by atoms with van der Waals surface area (Å²) in [6, 6.07) is 18.3. The summed E-state index contributed by atoms with van der Waals surface area (Å²) in [5.74, 6) is -4.33. The van der Waals surface area contributed by atoms with E-state index in [1.807, 2.05) is 32.9 Å². The monoisotopic (exact) mass is 689 g/mol. The van der Waals surface area contributed by atoms with Crippen molar-refractivity contribution in [1.82, 2.24) is 9.79 Å². The first-order valence-electron chi connectivity index (χ1n) is 14.5. The predicted octanol–water partition coefficient (Wildman–Crippen LogP) is 6.82. The smallest absolute Gasteiger partial charge is 0.307 e. The third-order valence-corrected chi connectivity index (χ3v) is 9.32. The Morgan fingerprint density at radius 3 is 2.02 bits per heavy atom. The number of amides is 2. The molecule has 0 aromatic heterocycles. The number of rotatable bonds is 10. The van der Waals surface area contributed by atoms with E-state index in [0.29, 0.717) is 28.1 Å². The van der Waals surface area contributed by atoms with Gasteiger partial charge in [0.2, 0.25) is 15.9 Å². The number of benzene rings is 4. The second-order valence-electron chi connectivity index (χ2n) is 11.9. The highest BCUT2D eigenvalue weighted by molar-refractivity contribution is 7.89. The Balaban J connectivity index is 1.80. The van der Waals surface area contributed by atoms with E-state index in [2.05, 4.69) is 0 Å². The van der Waals surface area contributed by atoms with Gasteiger partial charge in [0, 0.05) is 23.9 Å². The average molecular weight is 690 g/mol. The summed E-state index contributed by atoms with van der Waals surface area (Å²) in [4.78, 5) is 26.1. The molecule has 0 aliphatic heterocycles.